The summed E-state index contributed by atoms with van der Waals surface area (Å²) in [5.74, 6) is 2.08. The summed E-state index contributed by atoms with van der Waals surface area (Å²) in [6.07, 6.45) is 4.84. The number of hydrogen-bond donors (Lipinski definition) is 2. The van der Waals surface area contributed by atoms with Gasteiger partial charge in [-0.2, -0.15) is 11.8 Å². The third-order valence-electron chi connectivity index (χ3n) is 6.25. The fourth-order valence-electron chi connectivity index (χ4n) is 4.44. The molecule has 2 aliphatic rings. The SMILES string of the molecule is O=C(N1CC=C(c2cc3c(Nc4ccc5ncsc5c4)ccnc3[nH]2)CC1)N1CCSCC1. The summed E-state index contributed by atoms with van der Waals surface area (Å²) in [7, 11) is 0. The van der Waals surface area contributed by atoms with Crippen LogP contribution in [-0.4, -0.2) is 68.5 Å². The van der Waals surface area contributed by atoms with Gasteiger partial charge < -0.3 is 20.1 Å². The minimum atomic E-state index is 0.174. The van der Waals surface area contributed by atoms with Crippen LogP contribution in [0.3, 0.4) is 0 Å². The Kier molecular flexibility index (Phi) is 5.43. The molecular weight excluding hydrogens is 452 g/mol. The second kappa shape index (κ2) is 8.72. The third-order valence-corrected chi connectivity index (χ3v) is 7.98. The Morgan fingerprint density at radius 3 is 2.82 bits per heavy atom. The molecule has 6 rings (SSSR count). The fourth-order valence-corrected chi connectivity index (χ4v) is 6.06. The molecule has 0 saturated carbocycles. The summed E-state index contributed by atoms with van der Waals surface area (Å²) in [6.45, 7) is 3.11. The van der Waals surface area contributed by atoms with Crippen LogP contribution in [0.15, 0.2) is 48.1 Å². The number of rotatable bonds is 3. The number of nitrogens with zero attached hydrogens (tertiary/aromatic N) is 4. The molecule has 0 radical (unpaired) electrons. The quantitative estimate of drug-likeness (QED) is 0.426. The van der Waals surface area contributed by atoms with Gasteiger partial charge in [0.05, 0.1) is 21.4 Å². The first-order chi connectivity index (χ1) is 16.2. The number of urea groups is 1. The number of hydrogen-bond acceptors (Lipinski definition) is 6. The van der Waals surface area contributed by atoms with E-state index in [0.29, 0.717) is 6.54 Å². The van der Waals surface area contributed by atoms with Crippen LogP contribution in [0.5, 0.6) is 0 Å². The molecule has 0 bridgehead atoms. The first-order valence-electron chi connectivity index (χ1n) is 11.1. The molecule has 1 saturated heterocycles. The lowest BCUT2D eigenvalue weighted by Gasteiger charge is -2.34. The molecule has 33 heavy (non-hydrogen) atoms. The highest BCUT2D eigenvalue weighted by atomic mass is 32.2. The summed E-state index contributed by atoms with van der Waals surface area (Å²) in [4.78, 5) is 29.1. The molecule has 0 spiro atoms. The van der Waals surface area contributed by atoms with E-state index < -0.39 is 0 Å². The van der Waals surface area contributed by atoms with E-state index in [1.54, 1.807) is 11.3 Å². The number of pyridine rings is 1. The van der Waals surface area contributed by atoms with Crippen molar-refractivity contribution in [2.75, 3.05) is 43.0 Å². The predicted molar refractivity (Wildman–Crippen MR) is 137 cm³/mol. The zero-order chi connectivity index (χ0) is 22.2. The lowest BCUT2D eigenvalue weighted by molar-refractivity contribution is 0.162. The molecule has 0 unspecified atom stereocenters. The lowest BCUT2D eigenvalue weighted by Crippen LogP contribution is -2.47. The number of anilines is 2. The van der Waals surface area contributed by atoms with Crippen LogP contribution in [-0.2, 0) is 0 Å². The second-order valence-corrected chi connectivity index (χ2v) is 10.4. The van der Waals surface area contributed by atoms with Gasteiger partial charge in [0, 0.05) is 60.6 Å². The number of aromatic nitrogens is 3. The van der Waals surface area contributed by atoms with Crippen LogP contribution in [0.2, 0.25) is 0 Å². The Hall–Kier alpha value is -3.04. The van der Waals surface area contributed by atoms with E-state index in [1.165, 1.54) is 5.57 Å². The van der Waals surface area contributed by atoms with Crippen LogP contribution < -0.4 is 5.32 Å². The van der Waals surface area contributed by atoms with E-state index in [-0.39, 0.29) is 6.03 Å². The number of H-pyrrole nitrogens is 1. The van der Waals surface area contributed by atoms with Crippen LogP contribution in [0.25, 0.3) is 26.8 Å². The van der Waals surface area contributed by atoms with Crippen molar-refractivity contribution in [3.05, 3.63) is 53.8 Å². The second-order valence-electron chi connectivity index (χ2n) is 8.27. The number of nitrogens with one attached hydrogen (secondary N) is 2. The molecule has 1 aromatic carbocycles. The van der Waals surface area contributed by atoms with Crippen molar-refractivity contribution >= 4 is 67.3 Å². The maximum absolute atomic E-state index is 12.8. The van der Waals surface area contributed by atoms with Gasteiger partial charge in [-0.25, -0.2) is 14.8 Å². The summed E-state index contributed by atoms with van der Waals surface area (Å²) >= 11 is 3.56. The van der Waals surface area contributed by atoms with Crippen LogP contribution in [0.4, 0.5) is 16.2 Å². The highest BCUT2D eigenvalue weighted by Crippen LogP contribution is 2.31. The standard InChI is InChI=1S/C24H24N6OS2/c31-24(30-9-11-32-12-10-30)29-7-4-16(5-8-29)21-14-18-19(3-6-25-23(18)28-21)27-17-1-2-20-22(13-17)33-15-26-20/h1-4,6,13-15H,5,7-12H2,(H2,25,27,28). The number of thioether (sulfide) groups is 1. The summed E-state index contributed by atoms with van der Waals surface area (Å²) in [5, 5.41) is 4.60. The average molecular weight is 477 g/mol. The maximum atomic E-state index is 12.8. The fraction of sp³-hybridized carbons (Fsp3) is 0.292. The van der Waals surface area contributed by atoms with E-state index >= 15 is 0 Å². The van der Waals surface area contributed by atoms with Crippen molar-refractivity contribution in [3.8, 4) is 0 Å². The van der Waals surface area contributed by atoms with Gasteiger partial charge in [-0.15, -0.1) is 11.3 Å². The van der Waals surface area contributed by atoms with Crippen molar-refractivity contribution in [1.29, 1.82) is 0 Å². The van der Waals surface area contributed by atoms with Crippen molar-refractivity contribution in [1.82, 2.24) is 24.8 Å². The zero-order valence-corrected chi connectivity index (χ0v) is 19.7. The number of amides is 2. The molecule has 2 aliphatic heterocycles. The van der Waals surface area contributed by atoms with Gasteiger partial charge in [-0.05, 0) is 42.3 Å². The first kappa shape index (κ1) is 20.6. The predicted octanol–water partition coefficient (Wildman–Crippen LogP) is 5.17. The Morgan fingerprint density at radius 1 is 1.06 bits per heavy atom. The molecule has 0 aliphatic carbocycles. The molecule has 7 nitrogen and oxygen atoms in total. The largest absolute Gasteiger partial charge is 0.355 e. The Bertz CT molecular complexity index is 1350. The van der Waals surface area contributed by atoms with Gasteiger partial charge >= 0.3 is 6.03 Å². The van der Waals surface area contributed by atoms with Crippen LogP contribution >= 0.6 is 23.1 Å². The topological polar surface area (TPSA) is 77.1 Å². The highest BCUT2D eigenvalue weighted by Gasteiger charge is 2.25. The molecule has 2 N–H and O–H groups in total. The minimum Gasteiger partial charge on any atom is -0.355 e. The molecule has 168 valence electrons. The van der Waals surface area contributed by atoms with E-state index in [9.17, 15) is 4.79 Å². The Labute approximate surface area is 199 Å². The maximum Gasteiger partial charge on any atom is 0.320 e. The molecule has 5 heterocycles. The number of aromatic amines is 1. The van der Waals surface area contributed by atoms with E-state index in [2.05, 4.69) is 44.5 Å². The first-order valence-corrected chi connectivity index (χ1v) is 13.2. The van der Waals surface area contributed by atoms with E-state index in [0.717, 1.165) is 75.9 Å². The Balaban J connectivity index is 1.21. The Morgan fingerprint density at radius 2 is 1.97 bits per heavy atom. The van der Waals surface area contributed by atoms with Gasteiger partial charge in [-0.1, -0.05) is 6.08 Å². The minimum absolute atomic E-state index is 0.174. The van der Waals surface area contributed by atoms with Gasteiger partial charge in [0.25, 0.3) is 0 Å². The summed E-state index contributed by atoms with van der Waals surface area (Å²) < 4.78 is 1.16. The van der Waals surface area contributed by atoms with Gasteiger partial charge in [0.1, 0.15) is 5.65 Å². The van der Waals surface area contributed by atoms with Crippen molar-refractivity contribution in [3.63, 3.8) is 0 Å². The molecule has 9 heteroatoms. The monoisotopic (exact) mass is 476 g/mol. The molecule has 4 aromatic rings. The molecular formula is C24H24N6OS2. The van der Waals surface area contributed by atoms with Gasteiger partial charge in [0.2, 0.25) is 0 Å². The molecule has 3 aromatic heterocycles. The van der Waals surface area contributed by atoms with Gasteiger partial charge in [0.15, 0.2) is 0 Å². The number of benzene rings is 1. The number of fused-ring (bicyclic) bond motifs is 2. The smallest absolute Gasteiger partial charge is 0.320 e. The van der Waals surface area contributed by atoms with Gasteiger partial charge in [-0.3, -0.25) is 0 Å². The average Bonchev–Trinajstić information content (AvgIpc) is 3.52. The van der Waals surface area contributed by atoms with Crippen LogP contribution in [0, 0.1) is 0 Å². The van der Waals surface area contributed by atoms with Crippen molar-refractivity contribution < 1.29 is 4.79 Å². The number of carbonyl (C=O) groups excluding carboxylic acids is 1. The number of carbonyl (C=O) groups is 1. The van der Waals surface area contributed by atoms with Crippen LogP contribution in [0.1, 0.15) is 12.1 Å². The van der Waals surface area contributed by atoms with Crippen molar-refractivity contribution in [2.45, 2.75) is 6.42 Å². The van der Waals surface area contributed by atoms with Crippen molar-refractivity contribution in [2.24, 2.45) is 0 Å². The molecule has 1 fully saturated rings. The number of thiazole rings is 1. The highest BCUT2D eigenvalue weighted by molar-refractivity contribution is 7.99. The molecule has 0 atom stereocenters. The van der Waals surface area contributed by atoms with E-state index in [1.807, 2.05) is 45.4 Å². The third kappa shape index (κ3) is 4.06. The normalized spacial score (nSPS) is 16.9. The molecule has 2 amide bonds. The lowest BCUT2D eigenvalue weighted by atomic mass is 10.0. The summed E-state index contributed by atoms with van der Waals surface area (Å²) in [6, 6.07) is 10.6. The van der Waals surface area contributed by atoms with E-state index in [4.69, 9.17) is 0 Å². The summed E-state index contributed by atoms with van der Waals surface area (Å²) in [5.41, 5.74) is 8.11. The zero-order valence-electron chi connectivity index (χ0n) is 18.1.